The molecule has 118 valence electrons. The van der Waals surface area contributed by atoms with Crippen LogP contribution in [0.15, 0.2) is 32.6 Å². The maximum absolute atomic E-state index is 12.6. The first-order chi connectivity index (χ1) is 10.5. The largest absolute Gasteiger partial charge is 0.355 e. The Hall–Kier alpha value is -1.34. The SMILES string of the molecule is CCNC(=O)C(C)Sc1nc2ccc(Br)cc2c(=O)n1CC. The number of nitrogens with zero attached hydrogens (tertiary/aromatic N) is 2. The van der Waals surface area contributed by atoms with Crippen LogP contribution < -0.4 is 10.9 Å². The molecule has 1 aromatic heterocycles. The molecule has 1 amide bonds. The second-order valence-corrected chi connectivity index (χ2v) is 6.98. The number of carbonyl (C=O) groups is 1. The molecule has 7 heteroatoms. The van der Waals surface area contributed by atoms with E-state index in [1.165, 1.54) is 11.8 Å². The van der Waals surface area contributed by atoms with Crippen molar-refractivity contribution in [2.75, 3.05) is 6.54 Å². The molecule has 1 atom stereocenters. The third kappa shape index (κ3) is 3.52. The average Bonchev–Trinajstić information content (AvgIpc) is 2.48. The van der Waals surface area contributed by atoms with E-state index in [9.17, 15) is 9.59 Å². The van der Waals surface area contributed by atoms with Gasteiger partial charge < -0.3 is 5.32 Å². The number of thioether (sulfide) groups is 1. The van der Waals surface area contributed by atoms with E-state index in [1.807, 2.05) is 32.9 Å². The molecule has 2 rings (SSSR count). The number of halogens is 1. The van der Waals surface area contributed by atoms with Crippen molar-refractivity contribution in [2.45, 2.75) is 37.7 Å². The first-order valence-electron chi connectivity index (χ1n) is 7.12. The molecule has 1 aromatic carbocycles. The minimum Gasteiger partial charge on any atom is -0.355 e. The fourth-order valence-corrected chi connectivity index (χ4v) is 3.43. The Morgan fingerprint density at radius 1 is 1.45 bits per heavy atom. The van der Waals surface area contributed by atoms with Gasteiger partial charge in [0.2, 0.25) is 5.91 Å². The summed E-state index contributed by atoms with van der Waals surface area (Å²) < 4.78 is 2.45. The second-order valence-electron chi connectivity index (χ2n) is 4.76. The van der Waals surface area contributed by atoms with Crippen LogP contribution in [0, 0.1) is 0 Å². The van der Waals surface area contributed by atoms with Crippen LogP contribution in [0.5, 0.6) is 0 Å². The molecule has 0 fully saturated rings. The van der Waals surface area contributed by atoms with Crippen molar-refractivity contribution in [2.24, 2.45) is 0 Å². The molecule has 1 heterocycles. The molecule has 1 N–H and O–H groups in total. The lowest BCUT2D eigenvalue weighted by Gasteiger charge is -2.15. The number of hydrogen-bond acceptors (Lipinski definition) is 4. The van der Waals surface area contributed by atoms with Crippen molar-refractivity contribution in [1.29, 1.82) is 0 Å². The topological polar surface area (TPSA) is 64.0 Å². The number of fused-ring (bicyclic) bond motifs is 1. The van der Waals surface area contributed by atoms with Gasteiger partial charge in [-0.25, -0.2) is 4.98 Å². The molecule has 0 saturated heterocycles. The number of hydrogen-bond donors (Lipinski definition) is 1. The van der Waals surface area contributed by atoms with Crippen LogP contribution in [0.4, 0.5) is 0 Å². The van der Waals surface area contributed by atoms with E-state index >= 15 is 0 Å². The number of nitrogens with one attached hydrogen (secondary N) is 1. The summed E-state index contributed by atoms with van der Waals surface area (Å²) in [5, 5.41) is 3.62. The Morgan fingerprint density at radius 3 is 2.82 bits per heavy atom. The highest BCUT2D eigenvalue weighted by atomic mass is 79.9. The fraction of sp³-hybridized carbons (Fsp3) is 0.400. The van der Waals surface area contributed by atoms with E-state index in [1.54, 1.807) is 10.6 Å². The van der Waals surface area contributed by atoms with Crippen LogP contribution in [0.3, 0.4) is 0 Å². The zero-order valence-electron chi connectivity index (χ0n) is 12.7. The predicted molar refractivity (Wildman–Crippen MR) is 93.4 cm³/mol. The van der Waals surface area contributed by atoms with Gasteiger partial charge in [-0.1, -0.05) is 27.7 Å². The summed E-state index contributed by atoms with van der Waals surface area (Å²) in [6, 6.07) is 5.44. The van der Waals surface area contributed by atoms with E-state index in [-0.39, 0.29) is 16.7 Å². The van der Waals surface area contributed by atoms with Crippen molar-refractivity contribution in [1.82, 2.24) is 14.9 Å². The summed E-state index contributed by atoms with van der Waals surface area (Å²) in [5.74, 6) is -0.0553. The minimum absolute atomic E-state index is 0.0553. The smallest absolute Gasteiger partial charge is 0.262 e. The van der Waals surface area contributed by atoms with Gasteiger partial charge in [0, 0.05) is 17.6 Å². The maximum atomic E-state index is 12.6. The zero-order valence-corrected chi connectivity index (χ0v) is 15.1. The van der Waals surface area contributed by atoms with Gasteiger partial charge in [0.1, 0.15) is 0 Å². The van der Waals surface area contributed by atoms with Gasteiger partial charge in [-0.2, -0.15) is 0 Å². The standard InChI is InChI=1S/C15H18BrN3O2S/c1-4-17-13(20)9(3)22-15-18-12-7-6-10(16)8-11(12)14(21)19(15)5-2/h6-9H,4-5H2,1-3H3,(H,17,20). The van der Waals surface area contributed by atoms with E-state index in [0.717, 1.165) is 4.47 Å². The van der Waals surface area contributed by atoms with Crippen molar-refractivity contribution in [3.8, 4) is 0 Å². The molecule has 0 aliphatic rings. The van der Waals surface area contributed by atoms with E-state index in [2.05, 4.69) is 26.2 Å². The first kappa shape index (κ1) is 17.0. The minimum atomic E-state index is -0.308. The number of carbonyl (C=O) groups excluding carboxylic acids is 1. The summed E-state index contributed by atoms with van der Waals surface area (Å²) in [5.41, 5.74) is 0.558. The molecule has 2 aromatic rings. The average molecular weight is 384 g/mol. The van der Waals surface area contributed by atoms with Gasteiger partial charge >= 0.3 is 0 Å². The summed E-state index contributed by atoms with van der Waals surface area (Å²) in [6.45, 7) is 6.69. The second kappa shape index (κ2) is 7.28. The van der Waals surface area contributed by atoms with Crippen molar-refractivity contribution < 1.29 is 4.79 Å². The van der Waals surface area contributed by atoms with Crippen LogP contribution in [0.2, 0.25) is 0 Å². The molecular formula is C15H18BrN3O2S. The molecule has 5 nitrogen and oxygen atoms in total. The Bertz CT molecular complexity index is 760. The van der Waals surface area contributed by atoms with Gasteiger partial charge in [-0.3, -0.25) is 14.2 Å². The molecule has 0 bridgehead atoms. The lowest BCUT2D eigenvalue weighted by atomic mass is 10.2. The zero-order chi connectivity index (χ0) is 16.3. The van der Waals surface area contributed by atoms with Crippen molar-refractivity contribution in [3.63, 3.8) is 0 Å². The quantitative estimate of drug-likeness (QED) is 0.636. The summed E-state index contributed by atoms with van der Waals surface area (Å²) in [4.78, 5) is 29.0. The van der Waals surface area contributed by atoms with Gasteiger partial charge in [-0.15, -0.1) is 0 Å². The molecule has 0 radical (unpaired) electrons. The van der Waals surface area contributed by atoms with Gasteiger partial charge in [0.25, 0.3) is 5.56 Å². The molecule has 0 saturated carbocycles. The highest BCUT2D eigenvalue weighted by Crippen LogP contribution is 2.23. The van der Waals surface area contributed by atoms with Crippen LogP contribution in [-0.2, 0) is 11.3 Å². The molecular weight excluding hydrogens is 366 g/mol. The highest BCUT2D eigenvalue weighted by molar-refractivity contribution is 9.10. The monoisotopic (exact) mass is 383 g/mol. The van der Waals surface area contributed by atoms with Gasteiger partial charge in [0.05, 0.1) is 16.2 Å². The van der Waals surface area contributed by atoms with Crippen LogP contribution in [-0.4, -0.2) is 27.3 Å². The lowest BCUT2D eigenvalue weighted by molar-refractivity contribution is -0.120. The first-order valence-corrected chi connectivity index (χ1v) is 8.79. The molecule has 0 aliphatic heterocycles. The van der Waals surface area contributed by atoms with Crippen molar-refractivity contribution in [3.05, 3.63) is 33.0 Å². The summed E-state index contributed by atoms with van der Waals surface area (Å²) in [7, 11) is 0. The Balaban J connectivity index is 2.47. The Kier molecular flexibility index (Phi) is 5.63. The Morgan fingerprint density at radius 2 is 2.18 bits per heavy atom. The molecule has 1 unspecified atom stereocenters. The van der Waals surface area contributed by atoms with Crippen molar-refractivity contribution >= 4 is 44.5 Å². The molecule has 0 spiro atoms. The van der Waals surface area contributed by atoms with E-state index < -0.39 is 0 Å². The summed E-state index contributed by atoms with van der Waals surface area (Å²) in [6.07, 6.45) is 0. The van der Waals surface area contributed by atoms with E-state index in [4.69, 9.17) is 0 Å². The van der Waals surface area contributed by atoms with Crippen LogP contribution in [0.25, 0.3) is 10.9 Å². The third-order valence-corrected chi connectivity index (χ3v) is 4.78. The Labute approximate surface area is 141 Å². The van der Waals surface area contributed by atoms with E-state index in [0.29, 0.717) is 29.1 Å². The summed E-state index contributed by atoms with van der Waals surface area (Å²) >= 11 is 4.68. The maximum Gasteiger partial charge on any atom is 0.262 e. The van der Waals surface area contributed by atoms with Gasteiger partial charge in [-0.05, 0) is 39.0 Å². The highest BCUT2D eigenvalue weighted by Gasteiger charge is 2.18. The normalized spacial score (nSPS) is 12.4. The predicted octanol–water partition coefficient (Wildman–Crippen LogP) is 2.80. The fourth-order valence-electron chi connectivity index (χ4n) is 2.07. The van der Waals surface area contributed by atoms with Crippen LogP contribution >= 0.6 is 27.7 Å². The third-order valence-electron chi connectivity index (χ3n) is 3.20. The molecule has 22 heavy (non-hydrogen) atoms. The number of rotatable bonds is 5. The number of aromatic nitrogens is 2. The lowest BCUT2D eigenvalue weighted by Crippen LogP contribution is -2.31. The number of amides is 1. The van der Waals surface area contributed by atoms with Gasteiger partial charge in [0.15, 0.2) is 5.16 Å². The van der Waals surface area contributed by atoms with Crippen LogP contribution in [0.1, 0.15) is 20.8 Å². The number of benzene rings is 1. The molecule has 0 aliphatic carbocycles.